The largest absolute Gasteiger partial charge is 0.480 e. The van der Waals surface area contributed by atoms with Gasteiger partial charge in [-0.3, -0.25) is 4.31 Å². The number of carboxylic acid groups (broad SMARTS) is 1. The Bertz CT molecular complexity index is 847. The number of halogens is 2. The van der Waals surface area contributed by atoms with E-state index in [1.807, 2.05) is 38.1 Å². The Kier molecular flexibility index (Phi) is 8.76. The zero-order valence-corrected chi connectivity index (χ0v) is 18.1. The van der Waals surface area contributed by atoms with E-state index in [9.17, 15) is 9.00 Å². The smallest absolute Gasteiger partial charge is 0.329 e. The minimum Gasteiger partial charge on any atom is -0.480 e. The summed E-state index contributed by atoms with van der Waals surface area (Å²) in [5.74, 6) is -1.03. The van der Waals surface area contributed by atoms with Crippen LogP contribution in [0.5, 0.6) is 0 Å². The molecule has 0 aliphatic carbocycles. The molecule has 1 heterocycles. The molecule has 0 bridgehead atoms. The molecule has 0 fully saturated rings. The molecule has 0 saturated carbocycles. The lowest BCUT2D eigenvalue weighted by Gasteiger charge is -2.37. The zero-order valence-electron chi connectivity index (χ0n) is 15.7. The molecular weight excluding hydrogens is 421 g/mol. The molecule has 2 aromatic rings. The summed E-state index contributed by atoms with van der Waals surface area (Å²) in [6.45, 7) is 3.79. The Morgan fingerprint density at radius 1 is 1.21 bits per heavy atom. The van der Waals surface area contributed by atoms with Crippen molar-refractivity contribution in [3.05, 3.63) is 58.1 Å². The quantitative estimate of drug-likeness (QED) is 0.684. The molecule has 2 atom stereocenters. The third kappa shape index (κ3) is 5.47. The van der Waals surface area contributed by atoms with Crippen molar-refractivity contribution in [2.45, 2.75) is 37.6 Å². The SMILES string of the molecule is CC.O=C(O)COCC1CCc2ccccc2N1S(=O)c1ccc(Cl)c(Cl)c1. The van der Waals surface area contributed by atoms with Crippen molar-refractivity contribution in [2.75, 3.05) is 17.5 Å². The Labute approximate surface area is 177 Å². The highest BCUT2D eigenvalue weighted by molar-refractivity contribution is 7.86. The fourth-order valence-electron chi connectivity index (χ4n) is 2.93. The lowest BCUT2D eigenvalue weighted by Crippen LogP contribution is -2.43. The van der Waals surface area contributed by atoms with Crippen LogP contribution in [0.25, 0.3) is 0 Å². The first-order valence-corrected chi connectivity index (χ1v) is 10.9. The second-order valence-corrected chi connectivity index (χ2v) is 8.06. The summed E-state index contributed by atoms with van der Waals surface area (Å²) in [5, 5.41) is 9.52. The minimum absolute atomic E-state index is 0.174. The van der Waals surface area contributed by atoms with Crippen molar-refractivity contribution in [3.63, 3.8) is 0 Å². The number of aliphatic carboxylic acids is 1. The van der Waals surface area contributed by atoms with E-state index in [-0.39, 0.29) is 19.3 Å². The normalized spacial score (nSPS) is 16.6. The van der Waals surface area contributed by atoms with Gasteiger partial charge in [0.2, 0.25) is 0 Å². The second-order valence-electron chi connectivity index (χ2n) is 5.88. The van der Waals surface area contributed by atoms with Crippen LogP contribution in [0.2, 0.25) is 10.0 Å². The van der Waals surface area contributed by atoms with Crippen LogP contribution in [-0.2, 0) is 26.9 Å². The first kappa shape index (κ1) is 22.7. The number of carboxylic acids is 1. The number of para-hydroxylation sites is 1. The second kappa shape index (κ2) is 10.8. The van der Waals surface area contributed by atoms with E-state index in [1.54, 1.807) is 22.5 Å². The molecule has 2 unspecified atom stereocenters. The van der Waals surface area contributed by atoms with Crippen molar-refractivity contribution in [2.24, 2.45) is 0 Å². The lowest BCUT2D eigenvalue weighted by atomic mass is 9.98. The standard InChI is InChI=1S/C18H17Cl2NO4S.C2H6/c19-15-8-7-14(9-16(15)20)26(24)21-13(10-25-11-18(22)23)6-5-12-3-1-2-4-17(12)21;1-2/h1-4,7-9,13H,5-6,10-11H2,(H,22,23);1-2H3. The van der Waals surface area contributed by atoms with Crippen molar-refractivity contribution < 1.29 is 18.8 Å². The van der Waals surface area contributed by atoms with Crippen LogP contribution in [0.3, 0.4) is 0 Å². The van der Waals surface area contributed by atoms with Gasteiger partial charge in [0.1, 0.15) is 6.61 Å². The molecule has 0 amide bonds. The van der Waals surface area contributed by atoms with Gasteiger partial charge >= 0.3 is 5.97 Å². The number of rotatable bonds is 6. The first-order chi connectivity index (χ1) is 13.5. The van der Waals surface area contributed by atoms with Gasteiger partial charge in [-0.1, -0.05) is 55.2 Å². The number of hydrogen-bond acceptors (Lipinski definition) is 3. The number of nitrogens with zero attached hydrogens (tertiary/aromatic N) is 1. The van der Waals surface area contributed by atoms with E-state index in [0.717, 1.165) is 17.7 Å². The summed E-state index contributed by atoms with van der Waals surface area (Å²) in [4.78, 5) is 11.2. The van der Waals surface area contributed by atoms with Crippen LogP contribution in [-0.4, -0.2) is 34.5 Å². The van der Waals surface area contributed by atoms with Crippen LogP contribution in [0.4, 0.5) is 5.69 Å². The zero-order chi connectivity index (χ0) is 20.7. The molecule has 0 aromatic heterocycles. The molecule has 0 spiro atoms. The average molecular weight is 444 g/mol. The Morgan fingerprint density at radius 2 is 1.93 bits per heavy atom. The summed E-state index contributed by atoms with van der Waals surface area (Å²) >= 11 is 12.0. The van der Waals surface area contributed by atoms with E-state index in [0.29, 0.717) is 21.4 Å². The number of fused-ring (bicyclic) bond motifs is 1. The van der Waals surface area contributed by atoms with Crippen molar-refractivity contribution in [1.82, 2.24) is 0 Å². The Hall–Kier alpha value is -1.60. The number of aryl methyl sites for hydroxylation is 1. The van der Waals surface area contributed by atoms with Gasteiger partial charge in [-0.05, 0) is 42.7 Å². The van der Waals surface area contributed by atoms with Gasteiger partial charge in [0.15, 0.2) is 11.0 Å². The first-order valence-electron chi connectivity index (χ1n) is 9.01. The van der Waals surface area contributed by atoms with Crippen molar-refractivity contribution in [3.8, 4) is 0 Å². The highest BCUT2D eigenvalue weighted by Crippen LogP contribution is 2.35. The van der Waals surface area contributed by atoms with E-state index in [2.05, 4.69) is 0 Å². The van der Waals surface area contributed by atoms with E-state index >= 15 is 0 Å². The molecule has 28 heavy (non-hydrogen) atoms. The summed E-state index contributed by atoms with van der Waals surface area (Å²) in [7, 11) is -1.53. The predicted octanol–water partition coefficient (Wildman–Crippen LogP) is 4.96. The monoisotopic (exact) mass is 443 g/mol. The number of anilines is 1. The molecule has 1 N–H and O–H groups in total. The predicted molar refractivity (Wildman–Crippen MR) is 114 cm³/mol. The third-order valence-electron chi connectivity index (χ3n) is 4.11. The molecule has 0 radical (unpaired) electrons. The van der Waals surface area contributed by atoms with Gasteiger partial charge in [0, 0.05) is 0 Å². The number of benzene rings is 2. The summed E-state index contributed by atoms with van der Waals surface area (Å²) in [5.41, 5.74) is 1.95. The number of carbonyl (C=O) groups is 1. The maximum absolute atomic E-state index is 13.3. The topological polar surface area (TPSA) is 66.8 Å². The highest BCUT2D eigenvalue weighted by atomic mass is 35.5. The fourth-order valence-corrected chi connectivity index (χ4v) is 4.72. The Balaban J connectivity index is 0.00000136. The molecule has 1 aliphatic rings. The average Bonchev–Trinajstić information content (AvgIpc) is 2.70. The maximum Gasteiger partial charge on any atom is 0.329 e. The number of ether oxygens (including phenoxy) is 1. The molecule has 0 saturated heterocycles. The maximum atomic E-state index is 13.3. The lowest BCUT2D eigenvalue weighted by molar-refractivity contribution is -0.142. The van der Waals surface area contributed by atoms with Gasteiger partial charge in [-0.15, -0.1) is 0 Å². The summed E-state index contributed by atoms with van der Waals surface area (Å²) < 4.78 is 20.4. The van der Waals surface area contributed by atoms with Gasteiger partial charge in [0.25, 0.3) is 0 Å². The van der Waals surface area contributed by atoms with Gasteiger partial charge in [-0.2, -0.15) is 0 Å². The van der Waals surface area contributed by atoms with Gasteiger partial charge < -0.3 is 9.84 Å². The van der Waals surface area contributed by atoms with E-state index in [1.165, 1.54) is 0 Å². The molecular formula is C20H23Cl2NO4S. The molecule has 5 nitrogen and oxygen atoms in total. The molecule has 152 valence electrons. The summed E-state index contributed by atoms with van der Waals surface area (Å²) in [6, 6.07) is 12.4. The fraction of sp³-hybridized carbons (Fsp3) is 0.350. The van der Waals surface area contributed by atoms with Gasteiger partial charge in [0.05, 0.1) is 33.3 Å². The molecule has 1 aliphatic heterocycles. The van der Waals surface area contributed by atoms with Crippen LogP contribution in [0.15, 0.2) is 47.4 Å². The minimum atomic E-state index is -1.53. The molecule has 2 aromatic carbocycles. The summed E-state index contributed by atoms with van der Waals surface area (Å²) in [6.07, 6.45) is 1.52. The van der Waals surface area contributed by atoms with Gasteiger partial charge in [-0.25, -0.2) is 9.00 Å². The van der Waals surface area contributed by atoms with Crippen molar-refractivity contribution in [1.29, 1.82) is 0 Å². The van der Waals surface area contributed by atoms with Crippen LogP contribution in [0.1, 0.15) is 25.8 Å². The van der Waals surface area contributed by atoms with E-state index in [4.69, 9.17) is 33.0 Å². The highest BCUT2D eigenvalue weighted by Gasteiger charge is 2.31. The Morgan fingerprint density at radius 3 is 2.61 bits per heavy atom. The molecule has 3 rings (SSSR count). The van der Waals surface area contributed by atoms with E-state index < -0.39 is 17.0 Å². The van der Waals surface area contributed by atoms with Crippen LogP contribution in [0, 0.1) is 0 Å². The van der Waals surface area contributed by atoms with Crippen LogP contribution < -0.4 is 4.31 Å². The molecule has 8 heteroatoms. The van der Waals surface area contributed by atoms with Crippen molar-refractivity contribution >= 4 is 45.8 Å². The van der Waals surface area contributed by atoms with Crippen LogP contribution >= 0.6 is 23.2 Å². The number of hydrogen-bond donors (Lipinski definition) is 1. The third-order valence-corrected chi connectivity index (χ3v) is 6.36.